The van der Waals surface area contributed by atoms with Gasteiger partial charge in [-0.25, -0.2) is 9.97 Å². The number of rotatable bonds is 4. The van der Waals surface area contributed by atoms with Gasteiger partial charge in [-0.15, -0.1) is 0 Å². The van der Waals surface area contributed by atoms with Crippen molar-refractivity contribution in [3.8, 4) is 5.75 Å². The number of benzene rings is 1. The van der Waals surface area contributed by atoms with Gasteiger partial charge in [0, 0.05) is 50.9 Å². The third kappa shape index (κ3) is 3.54. The van der Waals surface area contributed by atoms with E-state index in [0.29, 0.717) is 17.1 Å². The first-order valence-electron chi connectivity index (χ1n) is 8.74. The second kappa shape index (κ2) is 7.20. The number of ether oxygens (including phenoxy) is 1. The van der Waals surface area contributed by atoms with Crippen molar-refractivity contribution in [2.75, 3.05) is 43.5 Å². The molecule has 0 saturated carbocycles. The summed E-state index contributed by atoms with van der Waals surface area (Å²) in [4.78, 5) is 23.6. The fraction of sp³-hybridized carbons (Fsp3) is 0.333. The van der Waals surface area contributed by atoms with Gasteiger partial charge >= 0.3 is 0 Å². The maximum Gasteiger partial charge on any atom is 0.260 e. The molecule has 27 heavy (non-hydrogen) atoms. The molecular weight excluding hydrogens is 346 g/mol. The Balaban J connectivity index is 1.54. The molecule has 2 aromatic heterocycles. The van der Waals surface area contributed by atoms with Gasteiger partial charge in [0.25, 0.3) is 5.91 Å². The fourth-order valence-electron chi connectivity index (χ4n) is 3.15. The van der Waals surface area contributed by atoms with Gasteiger partial charge in [0.2, 0.25) is 0 Å². The average molecular weight is 367 g/mol. The standard InChI is InChI=1S/C18H21N7O2/c1-24-11-12-7-13(15(27-2)8-14(12)23-24)18(26)22-16-9-21-17(10-20-16)25-5-3-19-4-6-25/h7-11,19H,3-6H2,1-2H3,(H,20,22,26). The van der Waals surface area contributed by atoms with Gasteiger partial charge in [0.15, 0.2) is 5.82 Å². The second-order valence-corrected chi connectivity index (χ2v) is 6.37. The van der Waals surface area contributed by atoms with Crippen LogP contribution < -0.4 is 20.3 Å². The third-order valence-electron chi connectivity index (χ3n) is 4.51. The number of carbonyl (C=O) groups is 1. The van der Waals surface area contributed by atoms with Gasteiger partial charge in [-0.3, -0.25) is 9.48 Å². The first-order valence-corrected chi connectivity index (χ1v) is 8.74. The van der Waals surface area contributed by atoms with Crippen LogP contribution in [0.3, 0.4) is 0 Å². The predicted molar refractivity (Wildman–Crippen MR) is 102 cm³/mol. The van der Waals surface area contributed by atoms with Crippen molar-refractivity contribution in [3.05, 3.63) is 36.3 Å². The van der Waals surface area contributed by atoms with Crippen molar-refractivity contribution in [2.24, 2.45) is 7.05 Å². The minimum absolute atomic E-state index is 0.304. The number of aryl methyl sites for hydroxylation is 1. The number of fused-ring (bicyclic) bond motifs is 1. The molecule has 0 spiro atoms. The molecule has 3 aromatic rings. The van der Waals surface area contributed by atoms with E-state index in [-0.39, 0.29) is 5.91 Å². The molecule has 0 aliphatic carbocycles. The first kappa shape index (κ1) is 17.2. The molecule has 0 unspecified atom stereocenters. The quantitative estimate of drug-likeness (QED) is 0.711. The highest BCUT2D eigenvalue weighted by Gasteiger charge is 2.17. The van der Waals surface area contributed by atoms with Crippen LogP contribution in [0.1, 0.15) is 10.4 Å². The van der Waals surface area contributed by atoms with E-state index in [9.17, 15) is 4.79 Å². The Kier molecular flexibility index (Phi) is 4.59. The molecule has 9 heteroatoms. The molecule has 2 N–H and O–H groups in total. The van der Waals surface area contributed by atoms with E-state index in [2.05, 4.69) is 30.6 Å². The van der Waals surface area contributed by atoms with Crippen molar-refractivity contribution in [1.29, 1.82) is 0 Å². The molecule has 0 radical (unpaired) electrons. The molecule has 1 aliphatic rings. The zero-order valence-electron chi connectivity index (χ0n) is 15.3. The first-order chi connectivity index (χ1) is 13.1. The minimum atomic E-state index is -0.304. The maximum absolute atomic E-state index is 12.7. The summed E-state index contributed by atoms with van der Waals surface area (Å²) >= 11 is 0. The Morgan fingerprint density at radius 3 is 2.74 bits per heavy atom. The minimum Gasteiger partial charge on any atom is -0.496 e. The van der Waals surface area contributed by atoms with E-state index in [0.717, 1.165) is 42.9 Å². The van der Waals surface area contributed by atoms with Crippen LogP contribution in [0.2, 0.25) is 0 Å². The normalized spacial score (nSPS) is 14.4. The highest BCUT2D eigenvalue weighted by molar-refractivity contribution is 6.08. The highest BCUT2D eigenvalue weighted by atomic mass is 16.5. The van der Waals surface area contributed by atoms with Gasteiger partial charge in [-0.05, 0) is 6.07 Å². The Labute approximate surface area is 156 Å². The third-order valence-corrected chi connectivity index (χ3v) is 4.51. The Hall–Kier alpha value is -3.20. The molecule has 9 nitrogen and oxygen atoms in total. The smallest absolute Gasteiger partial charge is 0.260 e. The van der Waals surface area contributed by atoms with Crippen LogP contribution in [0.25, 0.3) is 10.9 Å². The summed E-state index contributed by atoms with van der Waals surface area (Å²) in [5.74, 6) is 1.36. The van der Waals surface area contributed by atoms with Gasteiger partial charge in [0.05, 0.1) is 30.6 Å². The lowest BCUT2D eigenvalue weighted by Gasteiger charge is -2.28. The summed E-state index contributed by atoms with van der Waals surface area (Å²) in [5.41, 5.74) is 1.19. The Bertz CT molecular complexity index is 962. The van der Waals surface area contributed by atoms with Crippen LogP contribution in [0.4, 0.5) is 11.6 Å². The number of piperazine rings is 1. The van der Waals surface area contributed by atoms with E-state index in [1.54, 1.807) is 29.2 Å². The van der Waals surface area contributed by atoms with E-state index >= 15 is 0 Å². The molecule has 0 bridgehead atoms. The average Bonchev–Trinajstić information content (AvgIpc) is 3.07. The van der Waals surface area contributed by atoms with Crippen molar-refractivity contribution < 1.29 is 9.53 Å². The number of hydrogen-bond acceptors (Lipinski definition) is 7. The molecule has 1 fully saturated rings. The summed E-state index contributed by atoms with van der Waals surface area (Å²) in [7, 11) is 3.37. The monoisotopic (exact) mass is 367 g/mol. The summed E-state index contributed by atoms with van der Waals surface area (Å²) < 4.78 is 7.06. The molecule has 3 heterocycles. The Morgan fingerprint density at radius 2 is 2.04 bits per heavy atom. The van der Waals surface area contributed by atoms with Gasteiger partial charge in [-0.2, -0.15) is 5.10 Å². The van der Waals surface area contributed by atoms with E-state index < -0.39 is 0 Å². The maximum atomic E-state index is 12.7. The summed E-state index contributed by atoms with van der Waals surface area (Å²) in [6.07, 6.45) is 5.11. The molecule has 1 aromatic carbocycles. The van der Waals surface area contributed by atoms with Crippen LogP contribution in [0.15, 0.2) is 30.7 Å². The molecule has 1 amide bonds. The van der Waals surface area contributed by atoms with E-state index in [1.165, 1.54) is 7.11 Å². The number of anilines is 2. The molecule has 1 saturated heterocycles. The number of nitrogens with zero attached hydrogens (tertiary/aromatic N) is 5. The zero-order chi connectivity index (χ0) is 18.8. The fourth-order valence-corrected chi connectivity index (χ4v) is 3.15. The number of aromatic nitrogens is 4. The second-order valence-electron chi connectivity index (χ2n) is 6.37. The number of carbonyl (C=O) groups excluding carboxylic acids is 1. The van der Waals surface area contributed by atoms with Crippen molar-refractivity contribution in [3.63, 3.8) is 0 Å². The molecule has 0 atom stereocenters. The van der Waals surface area contributed by atoms with Crippen molar-refractivity contribution >= 4 is 28.4 Å². The topological polar surface area (TPSA) is 97.2 Å². The lowest BCUT2D eigenvalue weighted by molar-refractivity contribution is 0.102. The van der Waals surface area contributed by atoms with Crippen molar-refractivity contribution in [1.82, 2.24) is 25.1 Å². The number of hydrogen-bond donors (Lipinski definition) is 2. The summed E-state index contributed by atoms with van der Waals surface area (Å²) in [6, 6.07) is 3.52. The molecule has 1 aliphatic heterocycles. The molecule has 140 valence electrons. The van der Waals surface area contributed by atoms with Crippen LogP contribution in [0, 0.1) is 0 Å². The van der Waals surface area contributed by atoms with Gasteiger partial charge < -0.3 is 20.3 Å². The SMILES string of the molecule is COc1cc2nn(C)cc2cc1C(=O)Nc1cnc(N2CCNCC2)cn1. The summed E-state index contributed by atoms with van der Waals surface area (Å²) in [6.45, 7) is 3.64. The molecule has 4 rings (SSSR count). The predicted octanol–water partition coefficient (Wildman–Crippen LogP) is 1.03. The largest absolute Gasteiger partial charge is 0.496 e. The summed E-state index contributed by atoms with van der Waals surface area (Å²) in [5, 5.41) is 11.3. The van der Waals surface area contributed by atoms with E-state index in [4.69, 9.17) is 4.74 Å². The highest BCUT2D eigenvalue weighted by Crippen LogP contribution is 2.26. The van der Waals surface area contributed by atoms with Crippen LogP contribution in [-0.4, -0.2) is 58.9 Å². The van der Waals surface area contributed by atoms with E-state index in [1.807, 2.05) is 13.2 Å². The molecular formula is C18H21N7O2. The Morgan fingerprint density at radius 1 is 1.22 bits per heavy atom. The number of amides is 1. The lowest BCUT2D eigenvalue weighted by atomic mass is 10.1. The van der Waals surface area contributed by atoms with Crippen molar-refractivity contribution in [2.45, 2.75) is 0 Å². The van der Waals surface area contributed by atoms with Crippen LogP contribution in [0.5, 0.6) is 5.75 Å². The van der Waals surface area contributed by atoms with Gasteiger partial charge in [-0.1, -0.05) is 0 Å². The number of nitrogens with one attached hydrogen (secondary N) is 2. The van der Waals surface area contributed by atoms with Crippen LogP contribution >= 0.6 is 0 Å². The van der Waals surface area contributed by atoms with Gasteiger partial charge in [0.1, 0.15) is 11.6 Å². The lowest BCUT2D eigenvalue weighted by Crippen LogP contribution is -2.43. The zero-order valence-corrected chi connectivity index (χ0v) is 15.3. The van der Waals surface area contributed by atoms with Crippen LogP contribution in [-0.2, 0) is 7.05 Å². The number of methoxy groups -OCH3 is 1.